The summed E-state index contributed by atoms with van der Waals surface area (Å²) in [6.45, 7) is 11.6. The number of piperazine rings is 1. The van der Waals surface area contributed by atoms with Gasteiger partial charge < -0.3 is 15.1 Å². The molecule has 1 aromatic heterocycles. The highest BCUT2D eigenvalue weighted by Crippen LogP contribution is 2.23. The van der Waals surface area contributed by atoms with E-state index in [1.54, 1.807) is 0 Å². The lowest BCUT2D eigenvalue weighted by Crippen LogP contribution is -2.50. The Morgan fingerprint density at radius 3 is 2.19 bits per heavy atom. The third-order valence-electron chi connectivity index (χ3n) is 4.79. The minimum absolute atomic E-state index is 0.0370. The summed E-state index contributed by atoms with van der Waals surface area (Å²) in [6, 6.07) is 12.2. The Kier molecular flexibility index (Phi) is 5.16. The van der Waals surface area contributed by atoms with Crippen molar-refractivity contribution >= 4 is 17.5 Å². The molecule has 138 valence electrons. The first-order valence-electron chi connectivity index (χ1n) is 9.17. The minimum atomic E-state index is -0.0370. The zero-order valence-electron chi connectivity index (χ0n) is 16.1. The van der Waals surface area contributed by atoms with Crippen molar-refractivity contribution in [2.24, 2.45) is 0 Å². The molecule has 0 bridgehead atoms. The summed E-state index contributed by atoms with van der Waals surface area (Å²) in [6.07, 6.45) is 1.88. The Morgan fingerprint density at radius 1 is 1.00 bits per heavy atom. The van der Waals surface area contributed by atoms with Crippen molar-refractivity contribution in [2.45, 2.75) is 33.1 Å². The number of nitrogens with zero attached hydrogens (tertiary/aromatic N) is 3. The first-order valence-corrected chi connectivity index (χ1v) is 9.17. The van der Waals surface area contributed by atoms with Crippen molar-refractivity contribution in [3.05, 3.63) is 53.7 Å². The van der Waals surface area contributed by atoms with Gasteiger partial charge >= 0.3 is 6.03 Å². The molecule has 2 aromatic rings. The number of rotatable bonds is 2. The molecule has 1 aliphatic heterocycles. The van der Waals surface area contributed by atoms with Gasteiger partial charge in [-0.2, -0.15) is 0 Å². The van der Waals surface area contributed by atoms with Crippen LogP contribution in [0.3, 0.4) is 0 Å². The molecule has 0 aliphatic carbocycles. The molecule has 5 heteroatoms. The second-order valence-electron chi connectivity index (χ2n) is 7.93. The van der Waals surface area contributed by atoms with Gasteiger partial charge in [-0.15, -0.1) is 0 Å². The third-order valence-corrected chi connectivity index (χ3v) is 4.79. The molecule has 0 radical (unpaired) electrons. The predicted octanol–water partition coefficient (Wildman–Crippen LogP) is 4.04. The number of anilines is 2. The van der Waals surface area contributed by atoms with Crippen molar-refractivity contribution < 1.29 is 4.79 Å². The molecule has 1 saturated heterocycles. The number of benzene rings is 1. The van der Waals surface area contributed by atoms with E-state index in [4.69, 9.17) is 0 Å². The van der Waals surface area contributed by atoms with Gasteiger partial charge in [0.25, 0.3) is 0 Å². The van der Waals surface area contributed by atoms with Crippen LogP contribution in [0.15, 0.2) is 42.6 Å². The van der Waals surface area contributed by atoms with Gasteiger partial charge in [-0.3, -0.25) is 0 Å². The number of aryl methyl sites for hydroxylation is 1. The standard InChI is InChI=1S/C21H28N4O/c1-16-5-10-19(22-15-16)24-11-13-25(14-12-24)20(26)23-18-8-6-17(7-9-18)21(2,3)4/h5-10,15H,11-14H2,1-4H3,(H,23,26). The molecular weight excluding hydrogens is 324 g/mol. The molecule has 1 N–H and O–H groups in total. The SMILES string of the molecule is Cc1ccc(N2CCN(C(=O)Nc3ccc(C(C)(C)C)cc3)CC2)nc1. The summed E-state index contributed by atoms with van der Waals surface area (Å²) >= 11 is 0. The van der Waals surface area contributed by atoms with Crippen LogP contribution in [-0.4, -0.2) is 42.1 Å². The highest BCUT2D eigenvalue weighted by atomic mass is 16.2. The van der Waals surface area contributed by atoms with E-state index < -0.39 is 0 Å². The van der Waals surface area contributed by atoms with Crippen molar-refractivity contribution in [3.8, 4) is 0 Å². The van der Waals surface area contributed by atoms with Crippen LogP contribution in [0.2, 0.25) is 0 Å². The van der Waals surface area contributed by atoms with Crippen LogP contribution in [0.5, 0.6) is 0 Å². The molecule has 1 aliphatic rings. The van der Waals surface area contributed by atoms with Gasteiger partial charge in [0.1, 0.15) is 5.82 Å². The number of hydrogen-bond donors (Lipinski definition) is 1. The van der Waals surface area contributed by atoms with Crippen LogP contribution in [0.1, 0.15) is 31.9 Å². The quantitative estimate of drug-likeness (QED) is 0.887. The number of nitrogens with one attached hydrogen (secondary N) is 1. The fourth-order valence-electron chi connectivity index (χ4n) is 3.04. The molecule has 0 saturated carbocycles. The maximum absolute atomic E-state index is 12.5. The van der Waals surface area contributed by atoms with Crippen LogP contribution in [-0.2, 0) is 5.41 Å². The number of aromatic nitrogens is 1. The number of carbonyl (C=O) groups excluding carboxylic acids is 1. The number of urea groups is 1. The Hall–Kier alpha value is -2.56. The fourth-order valence-corrected chi connectivity index (χ4v) is 3.04. The van der Waals surface area contributed by atoms with E-state index in [9.17, 15) is 4.79 Å². The Labute approximate surface area is 156 Å². The topological polar surface area (TPSA) is 48.5 Å². The maximum atomic E-state index is 12.5. The van der Waals surface area contributed by atoms with Gasteiger partial charge in [0.2, 0.25) is 0 Å². The Morgan fingerprint density at radius 2 is 1.65 bits per heavy atom. The molecule has 0 spiro atoms. The molecule has 1 aromatic carbocycles. The number of amides is 2. The zero-order chi connectivity index (χ0) is 18.7. The average Bonchev–Trinajstić information content (AvgIpc) is 2.62. The lowest BCUT2D eigenvalue weighted by atomic mass is 9.87. The van der Waals surface area contributed by atoms with Crippen molar-refractivity contribution in [2.75, 3.05) is 36.4 Å². The molecule has 0 atom stereocenters. The summed E-state index contributed by atoms with van der Waals surface area (Å²) in [7, 11) is 0. The molecule has 0 unspecified atom stereocenters. The Bertz CT molecular complexity index is 739. The highest BCUT2D eigenvalue weighted by molar-refractivity contribution is 5.89. The number of carbonyl (C=O) groups is 1. The summed E-state index contributed by atoms with van der Waals surface area (Å²) in [5.74, 6) is 0.980. The molecule has 1 fully saturated rings. The van der Waals surface area contributed by atoms with E-state index in [1.807, 2.05) is 36.2 Å². The molecule has 3 rings (SSSR count). The normalized spacial score (nSPS) is 15.1. The van der Waals surface area contributed by atoms with Crippen LogP contribution >= 0.6 is 0 Å². The van der Waals surface area contributed by atoms with E-state index in [1.165, 1.54) is 5.56 Å². The summed E-state index contributed by atoms with van der Waals surface area (Å²) in [4.78, 5) is 21.1. The minimum Gasteiger partial charge on any atom is -0.353 e. The summed E-state index contributed by atoms with van der Waals surface area (Å²) < 4.78 is 0. The van der Waals surface area contributed by atoms with Gasteiger partial charge in [0.15, 0.2) is 0 Å². The second kappa shape index (κ2) is 7.36. The summed E-state index contributed by atoms with van der Waals surface area (Å²) in [5, 5.41) is 3.01. The monoisotopic (exact) mass is 352 g/mol. The fraction of sp³-hybridized carbons (Fsp3) is 0.429. The van der Waals surface area contributed by atoms with Crippen molar-refractivity contribution in [1.29, 1.82) is 0 Å². The molecule has 26 heavy (non-hydrogen) atoms. The molecule has 2 heterocycles. The summed E-state index contributed by atoms with van der Waals surface area (Å²) in [5.41, 5.74) is 3.37. The van der Waals surface area contributed by atoms with Crippen LogP contribution in [0.4, 0.5) is 16.3 Å². The number of hydrogen-bond acceptors (Lipinski definition) is 3. The molecule has 2 amide bonds. The molecule has 5 nitrogen and oxygen atoms in total. The van der Waals surface area contributed by atoms with Gasteiger partial charge in [0.05, 0.1) is 0 Å². The predicted molar refractivity (Wildman–Crippen MR) is 107 cm³/mol. The van der Waals surface area contributed by atoms with Gasteiger partial charge in [0, 0.05) is 38.1 Å². The van der Waals surface area contributed by atoms with Gasteiger partial charge in [-0.1, -0.05) is 39.0 Å². The van der Waals surface area contributed by atoms with Crippen LogP contribution in [0.25, 0.3) is 0 Å². The lowest BCUT2D eigenvalue weighted by Gasteiger charge is -2.35. The van der Waals surface area contributed by atoms with E-state index in [0.29, 0.717) is 13.1 Å². The molecular formula is C21H28N4O. The van der Waals surface area contributed by atoms with E-state index in [0.717, 1.165) is 30.2 Å². The first kappa shape index (κ1) is 18.2. The Balaban J connectivity index is 1.54. The van der Waals surface area contributed by atoms with Crippen molar-refractivity contribution in [3.63, 3.8) is 0 Å². The zero-order valence-corrected chi connectivity index (χ0v) is 16.1. The van der Waals surface area contributed by atoms with Crippen LogP contribution in [0, 0.1) is 6.92 Å². The maximum Gasteiger partial charge on any atom is 0.321 e. The van der Waals surface area contributed by atoms with E-state index in [2.05, 4.69) is 54.2 Å². The third kappa shape index (κ3) is 4.34. The highest BCUT2D eigenvalue weighted by Gasteiger charge is 2.22. The lowest BCUT2D eigenvalue weighted by molar-refractivity contribution is 0.208. The average molecular weight is 352 g/mol. The van der Waals surface area contributed by atoms with E-state index in [-0.39, 0.29) is 11.4 Å². The van der Waals surface area contributed by atoms with Gasteiger partial charge in [-0.05, 0) is 41.7 Å². The van der Waals surface area contributed by atoms with Crippen LogP contribution < -0.4 is 10.2 Å². The largest absolute Gasteiger partial charge is 0.353 e. The van der Waals surface area contributed by atoms with Crippen molar-refractivity contribution in [1.82, 2.24) is 9.88 Å². The smallest absolute Gasteiger partial charge is 0.321 e. The first-order chi connectivity index (χ1) is 12.3. The van der Waals surface area contributed by atoms with E-state index >= 15 is 0 Å². The second-order valence-corrected chi connectivity index (χ2v) is 7.93. The number of pyridine rings is 1. The van der Waals surface area contributed by atoms with Gasteiger partial charge in [-0.25, -0.2) is 9.78 Å².